The predicted octanol–water partition coefficient (Wildman–Crippen LogP) is 1.05. The molecular weight excluding hydrogens is 201 g/mol. The van der Waals surface area contributed by atoms with Crippen molar-refractivity contribution >= 4 is 33.1 Å². The van der Waals surface area contributed by atoms with E-state index in [0.29, 0.717) is 0 Å². The second-order valence-electron chi connectivity index (χ2n) is 0.176. The Bertz CT molecular complexity index is 79.2. The molecule has 0 heterocycles. The summed E-state index contributed by atoms with van der Waals surface area (Å²) in [5.41, 5.74) is 0.184. The molecule has 0 aromatic rings. The van der Waals surface area contributed by atoms with E-state index in [9.17, 15) is 4.57 Å². The van der Waals surface area contributed by atoms with Crippen molar-refractivity contribution in [3.05, 3.63) is 0 Å². The van der Waals surface area contributed by atoms with Crippen LogP contribution in [0.25, 0.3) is 0 Å². The molecule has 0 unspecified atom stereocenters. The third kappa shape index (κ3) is 3.32. The fourth-order valence-corrected chi connectivity index (χ4v) is 0. The maximum atomic E-state index is 9.21. The molecule has 0 bridgehead atoms. The summed E-state index contributed by atoms with van der Waals surface area (Å²) >= 11 is -0.887. The van der Waals surface area contributed by atoms with E-state index in [2.05, 4.69) is 0 Å². The van der Waals surface area contributed by atoms with Gasteiger partial charge in [-0.05, 0) is 0 Å². The van der Waals surface area contributed by atoms with Crippen molar-refractivity contribution < 1.29 is 4.57 Å². The Balaban J connectivity index is 3.53. The van der Waals surface area contributed by atoms with Crippen LogP contribution in [-0.2, 0) is 4.57 Å². The SMILES string of the molecule is O=[P]#[Sn][Cl]. The van der Waals surface area contributed by atoms with Crippen LogP contribution in [0.4, 0.5) is 0 Å². The minimum absolute atomic E-state index is 0.184. The van der Waals surface area contributed by atoms with E-state index in [1.54, 1.807) is 0 Å². The summed E-state index contributed by atoms with van der Waals surface area (Å²) < 4.78 is 9.21. The molecule has 0 aliphatic heterocycles. The van der Waals surface area contributed by atoms with Crippen LogP contribution in [0.5, 0.6) is 0 Å². The Labute approximate surface area is 37.8 Å². The maximum absolute atomic E-state index is 9.21. The Kier molecular flexibility index (Phi) is 5.74. The van der Waals surface area contributed by atoms with Gasteiger partial charge in [0.1, 0.15) is 0 Å². The molecule has 0 aromatic heterocycles. The third-order valence-corrected chi connectivity index (χ3v) is 2.08. The molecule has 0 radical (unpaired) electrons. The Morgan fingerprint density at radius 3 is 2.25 bits per heavy atom. The molecular formula is ClOPSn. The first kappa shape index (κ1) is 5.32. The van der Waals surface area contributed by atoms with E-state index in [0.717, 1.165) is 0 Å². The first-order chi connectivity index (χ1) is 1.91. The Morgan fingerprint density at radius 1 is 2.00 bits per heavy atom. The van der Waals surface area contributed by atoms with Gasteiger partial charge in [-0.25, -0.2) is 0 Å². The van der Waals surface area contributed by atoms with Crippen molar-refractivity contribution in [2.75, 3.05) is 0 Å². The van der Waals surface area contributed by atoms with Gasteiger partial charge in [0.15, 0.2) is 0 Å². The van der Waals surface area contributed by atoms with Crippen molar-refractivity contribution in [1.29, 1.82) is 0 Å². The van der Waals surface area contributed by atoms with Crippen LogP contribution >= 0.6 is 14.3 Å². The van der Waals surface area contributed by atoms with Crippen molar-refractivity contribution in [3.8, 4) is 0 Å². The first-order valence-electron chi connectivity index (χ1n) is 0.595. The van der Waals surface area contributed by atoms with E-state index in [-0.39, 0.29) is 5.42 Å². The molecule has 0 spiro atoms. The van der Waals surface area contributed by atoms with Crippen LogP contribution in [0.3, 0.4) is 0 Å². The van der Waals surface area contributed by atoms with Gasteiger partial charge in [0.05, 0.1) is 0 Å². The first-order valence-corrected chi connectivity index (χ1v) is 8.85. The summed E-state index contributed by atoms with van der Waals surface area (Å²) in [6.07, 6.45) is 0. The van der Waals surface area contributed by atoms with E-state index >= 15 is 0 Å². The van der Waals surface area contributed by atoms with Gasteiger partial charge in [0.25, 0.3) is 0 Å². The number of halogens is 1. The van der Waals surface area contributed by atoms with Gasteiger partial charge in [-0.2, -0.15) is 0 Å². The monoisotopic (exact) mass is 202 g/mol. The fraction of sp³-hybridized carbons (Fsp3) is 0. The van der Waals surface area contributed by atoms with Crippen molar-refractivity contribution in [2.24, 2.45) is 0 Å². The molecule has 4 heteroatoms. The predicted molar refractivity (Wildman–Crippen MR) is 19.2 cm³/mol. The molecule has 0 saturated carbocycles. The average molecular weight is 201 g/mol. The van der Waals surface area contributed by atoms with Crippen LogP contribution in [0.15, 0.2) is 0 Å². The van der Waals surface area contributed by atoms with Crippen LogP contribution in [0.2, 0.25) is 0 Å². The molecule has 1 nitrogen and oxygen atoms in total. The fourth-order valence-electron chi connectivity index (χ4n) is 0. The van der Waals surface area contributed by atoms with E-state index in [1.165, 1.54) is 0 Å². The molecule has 0 amide bonds. The molecule has 0 saturated heterocycles. The zero-order chi connectivity index (χ0) is 3.41. The average Bonchev–Trinajstić information content (AvgIpc) is 1.37. The molecule has 0 aromatic carbocycles. The summed E-state index contributed by atoms with van der Waals surface area (Å²) in [6, 6.07) is 0. The number of hydrogen-bond donors (Lipinski definition) is 0. The minimum atomic E-state index is -0.887. The normalized spacial score (nSPS) is 4.25. The second kappa shape index (κ2) is 4.32. The van der Waals surface area contributed by atoms with Gasteiger partial charge >= 0.3 is 37.6 Å². The zero-order valence-corrected chi connectivity index (χ0v) is 6.24. The topological polar surface area (TPSA) is 17.1 Å². The number of hydrogen-bond acceptors (Lipinski definition) is 1. The molecule has 0 rings (SSSR count). The molecule has 0 aliphatic carbocycles. The van der Waals surface area contributed by atoms with Crippen molar-refractivity contribution in [3.63, 3.8) is 0 Å². The van der Waals surface area contributed by atoms with Gasteiger partial charge < -0.3 is 0 Å². The van der Waals surface area contributed by atoms with Crippen LogP contribution in [0, 0.1) is 0 Å². The third-order valence-electron chi connectivity index (χ3n) is 0.0345. The van der Waals surface area contributed by atoms with Crippen LogP contribution in [-0.4, -0.2) is 18.7 Å². The van der Waals surface area contributed by atoms with Crippen LogP contribution in [0.1, 0.15) is 0 Å². The van der Waals surface area contributed by atoms with Gasteiger partial charge in [-0.1, -0.05) is 0 Å². The summed E-state index contributed by atoms with van der Waals surface area (Å²) in [5.74, 6) is 0. The summed E-state index contributed by atoms with van der Waals surface area (Å²) in [5, 5.41) is 0. The van der Waals surface area contributed by atoms with Gasteiger partial charge in [0.2, 0.25) is 0 Å². The summed E-state index contributed by atoms with van der Waals surface area (Å²) in [7, 11) is 5.03. The Morgan fingerprint density at radius 2 is 2.25 bits per heavy atom. The molecule has 0 fully saturated rings. The molecule has 4 heavy (non-hydrogen) atoms. The van der Waals surface area contributed by atoms with E-state index in [1.807, 2.05) is 0 Å². The molecule has 0 N–H and O–H groups in total. The molecule has 0 aliphatic rings. The number of rotatable bonds is 0. The van der Waals surface area contributed by atoms with Gasteiger partial charge in [-0.15, -0.1) is 0 Å². The zero-order valence-electron chi connectivity index (χ0n) is 1.73. The standard InChI is InChI=1S/ClH.OP.Sn/c;1-2;/h1H;;/q;-1;+2/p-1. The Hall–Kier alpha value is 1.32. The van der Waals surface area contributed by atoms with Gasteiger partial charge in [-0.3, -0.25) is 0 Å². The summed E-state index contributed by atoms with van der Waals surface area (Å²) in [6.45, 7) is 0. The quantitative estimate of drug-likeness (QED) is 0.423. The molecule has 0 atom stereocenters. The molecule has 22 valence electrons. The van der Waals surface area contributed by atoms with Crippen LogP contribution < -0.4 is 0 Å². The van der Waals surface area contributed by atoms with E-state index in [4.69, 9.17) is 8.92 Å². The van der Waals surface area contributed by atoms with Crippen molar-refractivity contribution in [1.82, 2.24) is 0 Å². The van der Waals surface area contributed by atoms with E-state index < -0.39 is 18.7 Å². The van der Waals surface area contributed by atoms with Gasteiger partial charge in [0, 0.05) is 0 Å². The second-order valence-corrected chi connectivity index (χ2v) is 6.94. The summed E-state index contributed by atoms with van der Waals surface area (Å²) in [4.78, 5) is 0. The van der Waals surface area contributed by atoms with Crippen molar-refractivity contribution in [2.45, 2.75) is 0 Å².